The number of esters is 1. The average Bonchev–Trinajstić information content (AvgIpc) is 3.05. The van der Waals surface area contributed by atoms with Crippen molar-refractivity contribution in [1.29, 1.82) is 0 Å². The normalized spacial score (nSPS) is 27.6. The second-order valence-electron chi connectivity index (χ2n) is 7.44. The molecule has 5 rings (SSSR count). The van der Waals surface area contributed by atoms with Crippen molar-refractivity contribution in [2.24, 2.45) is 5.41 Å². The number of carbonyl (C=O) groups is 1. The van der Waals surface area contributed by atoms with Gasteiger partial charge >= 0.3 is 5.97 Å². The fourth-order valence-corrected chi connectivity index (χ4v) is 4.36. The summed E-state index contributed by atoms with van der Waals surface area (Å²) in [6.45, 7) is 6.01. The molecule has 0 spiro atoms. The second kappa shape index (κ2) is 5.92. The molecule has 128 valence electrons. The van der Waals surface area contributed by atoms with Crippen molar-refractivity contribution in [2.75, 3.05) is 33.4 Å². The molecule has 1 aromatic carbocycles. The van der Waals surface area contributed by atoms with E-state index >= 15 is 0 Å². The van der Waals surface area contributed by atoms with Gasteiger partial charge in [-0.25, -0.2) is 4.79 Å². The fourth-order valence-electron chi connectivity index (χ4n) is 4.36. The molecule has 3 saturated heterocycles. The monoisotopic (exact) mass is 327 g/mol. The molecule has 0 aromatic heterocycles. The highest BCUT2D eigenvalue weighted by molar-refractivity contribution is 6.19. The van der Waals surface area contributed by atoms with Gasteiger partial charge in [0.25, 0.3) is 0 Å². The number of aryl methyl sites for hydroxylation is 1. The summed E-state index contributed by atoms with van der Waals surface area (Å²) in [6.07, 6.45) is 6.21. The maximum atomic E-state index is 12.7. The summed E-state index contributed by atoms with van der Waals surface area (Å²) < 4.78 is 11.4. The molecular weight excluding hydrogens is 302 g/mol. The lowest BCUT2D eigenvalue weighted by atomic mass is 9.73. The van der Waals surface area contributed by atoms with E-state index in [0.29, 0.717) is 12.2 Å². The third-order valence-corrected chi connectivity index (χ3v) is 6.04. The highest BCUT2D eigenvalue weighted by Gasteiger charge is 2.40. The number of fused-ring (bicyclic) bond motifs is 4. The molecule has 1 aromatic rings. The third-order valence-electron chi connectivity index (χ3n) is 6.04. The van der Waals surface area contributed by atoms with Crippen LogP contribution < -0.4 is 4.74 Å². The Bertz CT molecular complexity index is 685. The zero-order valence-corrected chi connectivity index (χ0v) is 14.6. The first-order valence-electron chi connectivity index (χ1n) is 8.88. The van der Waals surface area contributed by atoms with E-state index in [4.69, 9.17) is 9.47 Å². The Labute approximate surface area is 143 Å². The van der Waals surface area contributed by atoms with Crippen LogP contribution in [0.2, 0.25) is 0 Å². The summed E-state index contributed by atoms with van der Waals surface area (Å²) in [5, 5.41) is 0. The molecular formula is C20H25NO3. The van der Waals surface area contributed by atoms with E-state index < -0.39 is 0 Å². The quantitative estimate of drug-likeness (QED) is 0.797. The third kappa shape index (κ3) is 2.53. The average molecular weight is 327 g/mol. The van der Waals surface area contributed by atoms with E-state index in [9.17, 15) is 4.79 Å². The molecule has 0 unspecified atom stereocenters. The minimum atomic E-state index is -0.194. The number of benzene rings is 1. The predicted octanol–water partition coefficient (Wildman–Crippen LogP) is 2.97. The van der Waals surface area contributed by atoms with Crippen molar-refractivity contribution in [2.45, 2.75) is 32.6 Å². The van der Waals surface area contributed by atoms with Gasteiger partial charge in [0.2, 0.25) is 0 Å². The smallest absolute Gasteiger partial charge is 0.338 e. The number of hydrogen-bond donors (Lipinski definition) is 0. The molecule has 0 N–H and O–H groups in total. The maximum absolute atomic E-state index is 12.7. The first-order chi connectivity index (χ1) is 11.6. The summed E-state index contributed by atoms with van der Waals surface area (Å²) in [5.74, 6) is 0.609. The second-order valence-corrected chi connectivity index (χ2v) is 7.44. The number of hydrogen-bond acceptors (Lipinski definition) is 4. The van der Waals surface area contributed by atoms with Crippen LogP contribution in [-0.2, 0) is 16.0 Å². The van der Waals surface area contributed by atoms with Gasteiger partial charge in [0.05, 0.1) is 19.3 Å². The Morgan fingerprint density at radius 2 is 1.92 bits per heavy atom. The molecule has 4 aliphatic rings. The van der Waals surface area contributed by atoms with Crippen molar-refractivity contribution in [3.8, 4) is 5.75 Å². The van der Waals surface area contributed by atoms with Gasteiger partial charge in [-0.3, -0.25) is 0 Å². The van der Waals surface area contributed by atoms with E-state index in [1.165, 1.54) is 0 Å². The first kappa shape index (κ1) is 15.7. The van der Waals surface area contributed by atoms with Gasteiger partial charge in [0.15, 0.2) is 0 Å². The molecule has 0 saturated carbocycles. The first-order valence-corrected chi connectivity index (χ1v) is 8.88. The van der Waals surface area contributed by atoms with Crippen LogP contribution in [0.1, 0.15) is 36.0 Å². The molecule has 3 fully saturated rings. The number of allylic oxidation sites excluding steroid dienone is 1. The highest BCUT2D eigenvalue weighted by atomic mass is 16.5. The standard InChI is InChI=1S/C20H25NO3/c1-14-3-4-15-5-6-16(17(15)18(14)23-2)19(22)24-13-20-7-10-21(11-8-20)12-9-20/h3-4,6H,5,7-13H2,1-2H3. The largest absolute Gasteiger partial charge is 0.496 e. The van der Waals surface area contributed by atoms with Gasteiger partial charge in [-0.05, 0) is 63.4 Å². The molecule has 4 heteroatoms. The Balaban J connectivity index is 1.50. The van der Waals surface area contributed by atoms with Crippen LogP contribution in [0.15, 0.2) is 18.2 Å². The Hall–Kier alpha value is -1.81. The van der Waals surface area contributed by atoms with Gasteiger partial charge in [0.1, 0.15) is 5.75 Å². The number of methoxy groups -OCH3 is 1. The number of rotatable bonds is 4. The maximum Gasteiger partial charge on any atom is 0.338 e. The molecule has 0 amide bonds. The van der Waals surface area contributed by atoms with Crippen molar-refractivity contribution < 1.29 is 14.3 Å². The SMILES string of the molecule is COc1c(C)ccc2c1C(C(=O)OCC13CCN(CC1)CC3)=CC2. The van der Waals surface area contributed by atoms with Crippen molar-refractivity contribution in [1.82, 2.24) is 4.90 Å². The summed E-state index contributed by atoms with van der Waals surface area (Å²) >= 11 is 0. The Morgan fingerprint density at radius 3 is 2.58 bits per heavy atom. The Morgan fingerprint density at radius 1 is 1.21 bits per heavy atom. The lowest BCUT2D eigenvalue weighted by molar-refractivity contribution is -0.143. The van der Waals surface area contributed by atoms with Gasteiger partial charge < -0.3 is 14.4 Å². The van der Waals surface area contributed by atoms with E-state index in [-0.39, 0.29) is 11.4 Å². The summed E-state index contributed by atoms with van der Waals surface area (Å²) in [5.41, 5.74) is 4.01. The minimum absolute atomic E-state index is 0.194. The molecule has 0 radical (unpaired) electrons. The van der Waals surface area contributed by atoms with Crippen LogP contribution >= 0.6 is 0 Å². The van der Waals surface area contributed by atoms with Gasteiger partial charge in [-0.15, -0.1) is 0 Å². The van der Waals surface area contributed by atoms with Crippen molar-refractivity contribution in [3.63, 3.8) is 0 Å². The van der Waals surface area contributed by atoms with Gasteiger partial charge in [0, 0.05) is 11.0 Å². The van der Waals surface area contributed by atoms with E-state index in [1.807, 2.05) is 13.0 Å². The number of nitrogens with zero attached hydrogens (tertiary/aromatic N) is 1. The van der Waals surface area contributed by atoms with E-state index in [0.717, 1.165) is 67.8 Å². The number of piperidine rings is 3. The molecule has 4 nitrogen and oxygen atoms in total. The zero-order valence-electron chi connectivity index (χ0n) is 14.6. The topological polar surface area (TPSA) is 38.8 Å². The zero-order chi connectivity index (χ0) is 16.7. The van der Waals surface area contributed by atoms with Gasteiger partial charge in [-0.1, -0.05) is 18.2 Å². The fraction of sp³-hybridized carbons (Fsp3) is 0.550. The Kier molecular flexibility index (Phi) is 3.87. The van der Waals surface area contributed by atoms with Crippen LogP contribution in [0, 0.1) is 12.3 Å². The molecule has 24 heavy (non-hydrogen) atoms. The van der Waals surface area contributed by atoms with Crippen molar-refractivity contribution >= 4 is 11.5 Å². The molecule has 1 aliphatic carbocycles. The highest BCUT2D eigenvalue weighted by Crippen LogP contribution is 2.42. The van der Waals surface area contributed by atoms with Crippen LogP contribution in [0.4, 0.5) is 0 Å². The summed E-state index contributed by atoms with van der Waals surface area (Å²) in [4.78, 5) is 15.3. The van der Waals surface area contributed by atoms with Crippen LogP contribution in [0.25, 0.3) is 5.57 Å². The molecule has 0 atom stereocenters. The van der Waals surface area contributed by atoms with E-state index in [1.54, 1.807) is 7.11 Å². The van der Waals surface area contributed by atoms with Crippen LogP contribution in [0.3, 0.4) is 0 Å². The molecule has 3 heterocycles. The number of ether oxygens (including phenoxy) is 2. The van der Waals surface area contributed by atoms with Crippen LogP contribution in [-0.4, -0.2) is 44.2 Å². The molecule has 2 bridgehead atoms. The molecule has 3 aliphatic heterocycles. The summed E-state index contributed by atoms with van der Waals surface area (Å²) in [6, 6.07) is 4.13. The minimum Gasteiger partial charge on any atom is -0.496 e. The van der Waals surface area contributed by atoms with Crippen molar-refractivity contribution in [3.05, 3.63) is 34.9 Å². The predicted molar refractivity (Wildman–Crippen MR) is 93.1 cm³/mol. The van der Waals surface area contributed by atoms with Crippen LogP contribution in [0.5, 0.6) is 5.75 Å². The van der Waals surface area contributed by atoms with Gasteiger partial charge in [-0.2, -0.15) is 0 Å². The lowest BCUT2D eigenvalue weighted by Crippen LogP contribution is -2.50. The lowest BCUT2D eigenvalue weighted by Gasteiger charge is -2.47. The van der Waals surface area contributed by atoms with E-state index in [2.05, 4.69) is 17.0 Å². The summed E-state index contributed by atoms with van der Waals surface area (Å²) in [7, 11) is 1.67. The number of carbonyl (C=O) groups excluding carboxylic acids is 1.